The second-order valence-electron chi connectivity index (χ2n) is 3.76. The third kappa shape index (κ3) is 2.04. The fraction of sp³-hybridized carbons (Fsp3) is 0.727. The molecule has 2 aliphatic heterocycles. The summed E-state index contributed by atoms with van der Waals surface area (Å²) < 4.78 is 10.6. The maximum Gasteiger partial charge on any atom is 0.146 e. The molecule has 2 aliphatic rings. The molecule has 3 nitrogen and oxygen atoms in total. The number of rotatable bonds is 2. The van der Waals surface area contributed by atoms with Gasteiger partial charge in [0.25, 0.3) is 0 Å². The van der Waals surface area contributed by atoms with Crippen molar-refractivity contribution in [3.8, 4) is 0 Å². The van der Waals surface area contributed by atoms with E-state index in [1.54, 1.807) is 0 Å². The Hall–Kier alpha value is -0.670. The highest BCUT2D eigenvalue weighted by atomic mass is 16.7. The predicted octanol–water partition coefficient (Wildman–Crippen LogP) is 1.79. The molecule has 2 rings (SSSR count). The van der Waals surface area contributed by atoms with Gasteiger partial charge >= 0.3 is 0 Å². The van der Waals surface area contributed by atoms with Gasteiger partial charge in [0.05, 0.1) is 19.3 Å². The normalized spacial score (nSPS) is 28.9. The smallest absolute Gasteiger partial charge is 0.146 e. The van der Waals surface area contributed by atoms with E-state index in [0.29, 0.717) is 18.8 Å². The quantitative estimate of drug-likeness (QED) is 0.629. The SMILES string of the molecule is CCC1=CCC=NC1C1COCOC1. The van der Waals surface area contributed by atoms with E-state index in [2.05, 4.69) is 18.0 Å². The van der Waals surface area contributed by atoms with E-state index < -0.39 is 0 Å². The van der Waals surface area contributed by atoms with Gasteiger partial charge in [-0.25, -0.2) is 0 Å². The zero-order valence-electron chi connectivity index (χ0n) is 8.61. The van der Waals surface area contributed by atoms with Gasteiger partial charge in [0.1, 0.15) is 6.79 Å². The minimum atomic E-state index is 0.300. The first kappa shape index (κ1) is 9.87. The molecular weight excluding hydrogens is 178 g/mol. The van der Waals surface area contributed by atoms with Crippen molar-refractivity contribution in [3.05, 3.63) is 11.6 Å². The molecule has 0 aromatic carbocycles. The number of dihydropyridines is 1. The molecule has 0 aromatic rings. The Labute approximate surface area is 84.8 Å². The van der Waals surface area contributed by atoms with E-state index in [4.69, 9.17) is 9.47 Å². The van der Waals surface area contributed by atoms with Gasteiger partial charge in [0.2, 0.25) is 0 Å². The lowest BCUT2D eigenvalue weighted by atomic mass is 9.90. The average Bonchev–Trinajstić information content (AvgIpc) is 2.30. The summed E-state index contributed by atoms with van der Waals surface area (Å²) in [6, 6.07) is 0.300. The van der Waals surface area contributed by atoms with E-state index in [1.165, 1.54) is 5.57 Å². The van der Waals surface area contributed by atoms with Gasteiger partial charge in [0.15, 0.2) is 0 Å². The molecule has 0 saturated carbocycles. The third-order valence-electron chi connectivity index (χ3n) is 2.82. The van der Waals surface area contributed by atoms with E-state index in [9.17, 15) is 0 Å². The van der Waals surface area contributed by atoms with Gasteiger partial charge in [-0.05, 0) is 12.0 Å². The highest BCUT2D eigenvalue weighted by Crippen LogP contribution is 2.24. The zero-order chi connectivity index (χ0) is 9.80. The number of allylic oxidation sites excluding steroid dienone is 1. The summed E-state index contributed by atoms with van der Waals surface area (Å²) in [6.07, 6.45) is 6.34. The molecule has 1 saturated heterocycles. The highest BCUT2D eigenvalue weighted by molar-refractivity contribution is 5.62. The number of nitrogens with zero attached hydrogens (tertiary/aromatic N) is 1. The van der Waals surface area contributed by atoms with Crippen molar-refractivity contribution >= 4 is 6.21 Å². The number of hydrogen-bond acceptors (Lipinski definition) is 3. The molecule has 1 unspecified atom stereocenters. The van der Waals surface area contributed by atoms with Gasteiger partial charge in [-0.15, -0.1) is 0 Å². The topological polar surface area (TPSA) is 30.8 Å². The van der Waals surface area contributed by atoms with Crippen molar-refractivity contribution in [3.63, 3.8) is 0 Å². The Balaban J connectivity index is 2.03. The second kappa shape index (κ2) is 4.71. The van der Waals surface area contributed by atoms with Gasteiger partial charge in [-0.2, -0.15) is 0 Å². The molecule has 0 spiro atoms. The molecule has 0 radical (unpaired) electrons. The van der Waals surface area contributed by atoms with Crippen molar-refractivity contribution in [2.45, 2.75) is 25.8 Å². The van der Waals surface area contributed by atoms with Crippen molar-refractivity contribution < 1.29 is 9.47 Å². The molecule has 0 aromatic heterocycles. The van der Waals surface area contributed by atoms with E-state index in [0.717, 1.165) is 26.1 Å². The van der Waals surface area contributed by atoms with Crippen molar-refractivity contribution in [1.29, 1.82) is 0 Å². The minimum absolute atomic E-state index is 0.300. The summed E-state index contributed by atoms with van der Waals surface area (Å²) in [5.41, 5.74) is 1.44. The van der Waals surface area contributed by atoms with Gasteiger partial charge in [-0.3, -0.25) is 4.99 Å². The average molecular weight is 195 g/mol. The van der Waals surface area contributed by atoms with Crippen LogP contribution in [0.4, 0.5) is 0 Å². The van der Waals surface area contributed by atoms with Crippen LogP contribution < -0.4 is 0 Å². The summed E-state index contributed by atoms with van der Waals surface area (Å²) in [4.78, 5) is 4.55. The molecule has 0 bridgehead atoms. The molecule has 0 aliphatic carbocycles. The molecule has 1 fully saturated rings. The molecule has 2 heterocycles. The molecule has 0 amide bonds. The first-order valence-corrected chi connectivity index (χ1v) is 5.28. The number of hydrogen-bond donors (Lipinski definition) is 0. The lowest BCUT2D eigenvalue weighted by Gasteiger charge is -2.30. The summed E-state index contributed by atoms with van der Waals surface area (Å²) >= 11 is 0. The zero-order valence-corrected chi connectivity index (χ0v) is 8.61. The standard InChI is InChI=1S/C11H17NO2/c1-2-9-4-3-5-12-11(9)10-6-13-8-14-7-10/h4-5,10-11H,2-3,6-8H2,1H3. The lowest BCUT2D eigenvalue weighted by Crippen LogP contribution is -2.34. The van der Waals surface area contributed by atoms with Crippen LogP contribution in [0, 0.1) is 5.92 Å². The van der Waals surface area contributed by atoms with Crippen LogP contribution >= 0.6 is 0 Å². The fourth-order valence-electron chi connectivity index (χ4n) is 2.06. The maximum atomic E-state index is 5.30. The molecule has 14 heavy (non-hydrogen) atoms. The van der Waals surface area contributed by atoms with Gasteiger partial charge in [0, 0.05) is 18.6 Å². The van der Waals surface area contributed by atoms with Crippen LogP contribution in [0.25, 0.3) is 0 Å². The molecule has 3 heteroatoms. The Morgan fingerprint density at radius 1 is 1.43 bits per heavy atom. The first-order chi connectivity index (χ1) is 6.92. The number of aliphatic imine (C=N–C) groups is 1. The van der Waals surface area contributed by atoms with Crippen LogP contribution in [0.1, 0.15) is 19.8 Å². The van der Waals surface area contributed by atoms with Crippen LogP contribution in [0.3, 0.4) is 0 Å². The minimum Gasteiger partial charge on any atom is -0.355 e. The van der Waals surface area contributed by atoms with Crippen LogP contribution in [0.2, 0.25) is 0 Å². The summed E-state index contributed by atoms with van der Waals surface area (Å²) in [6.45, 7) is 4.18. The second-order valence-corrected chi connectivity index (χ2v) is 3.76. The third-order valence-corrected chi connectivity index (χ3v) is 2.82. The first-order valence-electron chi connectivity index (χ1n) is 5.28. The molecular formula is C11H17NO2. The van der Waals surface area contributed by atoms with Crippen molar-refractivity contribution in [1.82, 2.24) is 0 Å². The molecule has 78 valence electrons. The van der Waals surface area contributed by atoms with Crippen LogP contribution in [0.15, 0.2) is 16.6 Å². The fourth-order valence-corrected chi connectivity index (χ4v) is 2.06. The van der Waals surface area contributed by atoms with Crippen molar-refractivity contribution in [2.24, 2.45) is 10.9 Å². The maximum absolute atomic E-state index is 5.30. The summed E-state index contributed by atoms with van der Waals surface area (Å²) in [5.74, 6) is 0.409. The lowest BCUT2D eigenvalue weighted by molar-refractivity contribution is -0.128. The predicted molar refractivity (Wildman–Crippen MR) is 55.5 cm³/mol. The Morgan fingerprint density at radius 2 is 2.21 bits per heavy atom. The number of ether oxygens (including phenoxy) is 2. The van der Waals surface area contributed by atoms with E-state index >= 15 is 0 Å². The summed E-state index contributed by atoms with van der Waals surface area (Å²) in [7, 11) is 0. The van der Waals surface area contributed by atoms with Crippen molar-refractivity contribution in [2.75, 3.05) is 20.0 Å². The Kier molecular flexibility index (Phi) is 3.32. The molecule has 0 N–H and O–H groups in total. The van der Waals surface area contributed by atoms with E-state index in [-0.39, 0.29) is 0 Å². The van der Waals surface area contributed by atoms with Gasteiger partial charge < -0.3 is 9.47 Å². The van der Waals surface area contributed by atoms with Crippen LogP contribution in [-0.2, 0) is 9.47 Å². The largest absolute Gasteiger partial charge is 0.355 e. The van der Waals surface area contributed by atoms with Crippen LogP contribution in [0.5, 0.6) is 0 Å². The Morgan fingerprint density at radius 3 is 2.93 bits per heavy atom. The Bertz CT molecular complexity index is 242. The molecule has 1 atom stereocenters. The van der Waals surface area contributed by atoms with Gasteiger partial charge in [-0.1, -0.05) is 13.0 Å². The highest BCUT2D eigenvalue weighted by Gasteiger charge is 2.27. The monoisotopic (exact) mass is 195 g/mol. The van der Waals surface area contributed by atoms with Crippen LogP contribution in [-0.4, -0.2) is 32.3 Å². The summed E-state index contributed by atoms with van der Waals surface area (Å²) in [5, 5.41) is 0. The van der Waals surface area contributed by atoms with E-state index in [1.807, 2.05) is 6.21 Å².